The van der Waals surface area contributed by atoms with E-state index in [4.69, 9.17) is 0 Å². The van der Waals surface area contributed by atoms with Gasteiger partial charge in [0.05, 0.1) is 0 Å². The highest BCUT2D eigenvalue weighted by atomic mass is 16.2. The van der Waals surface area contributed by atoms with Gasteiger partial charge in [0, 0.05) is 24.8 Å². The van der Waals surface area contributed by atoms with Crippen LogP contribution in [-0.2, 0) is 0 Å². The number of hydrogen-bond donors (Lipinski definition) is 2. The quantitative estimate of drug-likeness (QED) is 0.875. The van der Waals surface area contributed by atoms with E-state index in [9.17, 15) is 9.59 Å². The first-order valence-electron chi connectivity index (χ1n) is 7.17. The first-order chi connectivity index (χ1) is 9.52. The van der Waals surface area contributed by atoms with Gasteiger partial charge in [-0.3, -0.25) is 9.59 Å². The Hall–Kier alpha value is -1.62. The number of H-pyrrole nitrogens is 1. The van der Waals surface area contributed by atoms with E-state index in [1.807, 2.05) is 7.05 Å². The van der Waals surface area contributed by atoms with Crippen LogP contribution in [0.25, 0.3) is 0 Å². The van der Waals surface area contributed by atoms with Crippen molar-refractivity contribution in [1.29, 1.82) is 0 Å². The number of aromatic nitrogens is 1. The number of aromatic amines is 1. The molecule has 1 aromatic heterocycles. The zero-order chi connectivity index (χ0) is 14.7. The molecule has 0 aliphatic heterocycles. The van der Waals surface area contributed by atoms with Gasteiger partial charge < -0.3 is 15.2 Å². The van der Waals surface area contributed by atoms with E-state index in [0.29, 0.717) is 6.04 Å². The third kappa shape index (κ3) is 3.10. The van der Waals surface area contributed by atoms with Gasteiger partial charge in [0.1, 0.15) is 5.56 Å². The van der Waals surface area contributed by atoms with Crippen LogP contribution in [0, 0.1) is 6.92 Å². The van der Waals surface area contributed by atoms with Crippen molar-refractivity contribution in [3.05, 3.63) is 33.7 Å². The molecule has 0 saturated heterocycles. The maximum Gasteiger partial charge on any atom is 0.260 e. The first kappa shape index (κ1) is 14.8. The van der Waals surface area contributed by atoms with Crippen molar-refractivity contribution in [2.45, 2.75) is 44.7 Å². The molecule has 1 amide bonds. The zero-order valence-corrected chi connectivity index (χ0v) is 12.4. The van der Waals surface area contributed by atoms with E-state index in [2.05, 4.69) is 10.3 Å². The molecule has 110 valence electrons. The molecule has 20 heavy (non-hydrogen) atoms. The summed E-state index contributed by atoms with van der Waals surface area (Å²) in [4.78, 5) is 28.7. The van der Waals surface area contributed by atoms with Gasteiger partial charge in [-0.1, -0.05) is 0 Å². The molecule has 0 aromatic carbocycles. The molecule has 2 rings (SSSR count). The van der Waals surface area contributed by atoms with Crippen molar-refractivity contribution in [3.63, 3.8) is 0 Å². The van der Waals surface area contributed by atoms with E-state index in [0.717, 1.165) is 31.4 Å². The van der Waals surface area contributed by atoms with Gasteiger partial charge in [0.15, 0.2) is 0 Å². The fraction of sp³-hybridized carbons (Fsp3) is 0.600. The molecule has 1 fully saturated rings. The molecule has 1 heterocycles. The van der Waals surface area contributed by atoms with Gasteiger partial charge >= 0.3 is 0 Å². The standard InChI is InChI=1S/C15H23N3O2/c1-10-4-9-13(14(19)17-10)15(20)18(3)12-7-5-11(16-2)6-8-12/h4,9,11-12,16H,5-8H2,1-3H3,(H,17,19). The van der Waals surface area contributed by atoms with E-state index < -0.39 is 0 Å². The van der Waals surface area contributed by atoms with Gasteiger partial charge in [-0.15, -0.1) is 0 Å². The SMILES string of the molecule is CNC1CCC(N(C)C(=O)c2ccc(C)[nH]c2=O)CC1. The Balaban J connectivity index is 2.07. The summed E-state index contributed by atoms with van der Waals surface area (Å²) in [6.45, 7) is 1.80. The summed E-state index contributed by atoms with van der Waals surface area (Å²) in [7, 11) is 3.78. The topological polar surface area (TPSA) is 65.2 Å². The maximum absolute atomic E-state index is 12.4. The summed E-state index contributed by atoms with van der Waals surface area (Å²) >= 11 is 0. The monoisotopic (exact) mass is 277 g/mol. The van der Waals surface area contributed by atoms with Gasteiger partial charge in [-0.25, -0.2) is 0 Å². The second-order valence-electron chi connectivity index (χ2n) is 5.59. The van der Waals surface area contributed by atoms with Crippen LogP contribution < -0.4 is 10.9 Å². The van der Waals surface area contributed by atoms with E-state index >= 15 is 0 Å². The number of carbonyl (C=O) groups is 1. The molecule has 0 atom stereocenters. The van der Waals surface area contributed by atoms with Crippen molar-refractivity contribution in [2.75, 3.05) is 14.1 Å². The third-order valence-corrected chi connectivity index (χ3v) is 4.26. The van der Waals surface area contributed by atoms with Crippen LogP contribution in [0.2, 0.25) is 0 Å². The second kappa shape index (κ2) is 6.22. The number of aryl methyl sites for hydroxylation is 1. The Morgan fingerprint density at radius 2 is 1.95 bits per heavy atom. The Morgan fingerprint density at radius 1 is 1.30 bits per heavy atom. The van der Waals surface area contributed by atoms with Crippen molar-refractivity contribution >= 4 is 5.91 Å². The van der Waals surface area contributed by atoms with Crippen LogP contribution in [0.4, 0.5) is 0 Å². The second-order valence-corrected chi connectivity index (χ2v) is 5.59. The number of hydrogen-bond acceptors (Lipinski definition) is 3. The predicted molar refractivity (Wildman–Crippen MR) is 79.0 cm³/mol. The van der Waals surface area contributed by atoms with Crippen molar-refractivity contribution in [1.82, 2.24) is 15.2 Å². The van der Waals surface area contributed by atoms with Crippen LogP contribution in [-0.4, -0.2) is 42.0 Å². The average Bonchev–Trinajstić information content (AvgIpc) is 2.46. The van der Waals surface area contributed by atoms with Gasteiger partial charge in [-0.2, -0.15) is 0 Å². The molecule has 0 spiro atoms. The predicted octanol–water partition coefficient (Wildman–Crippen LogP) is 1.29. The number of nitrogens with one attached hydrogen (secondary N) is 2. The highest BCUT2D eigenvalue weighted by Crippen LogP contribution is 2.23. The average molecular weight is 277 g/mol. The fourth-order valence-corrected chi connectivity index (χ4v) is 2.85. The number of amides is 1. The molecule has 1 aliphatic carbocycles. The van der Waals surface area contributed by atoms with Crippen LogP contribution in [0.3, 0.4) is 0 Å². The minimum atomic E-state index is -0.300. The minimum absolute atomic E-state index is 0.181. The van der Waals surface area contributed by atoms with Gasteiger partial charge in [-0.05, 0) is 51.8 Å². The molecular weight excluding hydrogens is 254 g/mol. The normalized spacial score (nSPS) is 22.6. The largest absolute Gasteiger partial charge is 0.339 e. The number of pyridine rings is 1. The molecular formula is C15H23N3O2. The smallest absolute Gasteiger partial charge is 0.260 e. The lowest BCUT2D eigenvalue weighted by molar-refractivity contribution is 0.0684. The summed E-state index contributed by atoms with van der Waals surface area (Å²) in [5, 5.41) is 3.28. The molecule has 0 bridgehead atoms. The molecule has 1 saturated carbocycles. The van der Waals surface area contributed by atoms with Gasteiger partial charge in [0.2, 0.25) is 0 Å². The van der Waals surface area contributed by atoms with Crippen molar-refractivity contribution in [2.24, 2.45) is 0 Å². The third-order valence-electron chi connectivity index (χ3n) is 4.26. The van der Waals surface area contributed by atoms with Crippen LogP contribution in [0.1, 0.15) is 41.7 Å². The number of rotatable bonds is 3. The van der Waals surface area contributed by atoms with E-state index in [1.54, 1.807) is 31.0 Å². The number of carbonyl (C=O) groups excluding carboxylic acids is 1. The summed E-state index contributed by atoms with van der Waals surface area (Å²) in [6, 6.07) is 4.16. The molecule has 1 aliphatic rings. The molecule has 0 unspecified atom stereocenters. The highest BCUT2D eigenvalue weighted by Gasteiger charge is 2.27. The maximum atomic E-state index is 12.4. The summed E-state index contributed by atoms with van der Waals surface area (Å²) in [5.74, 6) is -0.181. The van der Waals surface area contributed by atoms with E-state index in [-0.39, 0.29) is 23.1 Å². The Kier molecular flexibility index (Phi) is 4.60. The van der Waals surface area contributed by atoms with E-state index in [1.165, 1.54) is 0 Å². The summed E-state index contributed by atoms with van der Waals surface area (Å²) < 4.78 is 0. The molecule has 1 aromatic rings. The summed E-state index contributed by atoms with van der Waals surface area (Å²) in [5.41, 5.74) is 0.698. The molecule has 2 N–H and O–H groups in total. The fourth-order valence-electron chi connectivity index (χ4n) is 2.85. The number of nitrogens with zero attached hydrogens (tertiary/aromatic N) is 1. The van der Waals surface area contributed by atoms with Crippen LogP contribution in [0.5, 0.6) is 0 Å². The lowest BCUT2D eigenvalue weighted by Gasteiger charge is -2.34. The highest BCUT2D eigenvalue weighted by molar-refractivity contribution is 5.93. The zero-order valence-electron chi connectivity index (χ0n) is 12.4. The summed E-state index contributed by atoms with van der Waals surface area (Å²) in [6.07, 6.45) is 4.11. The molecule has 0 radical (unpaired) electrons. The Bertz CT molecular complexity index is 530. The van der Waals surface area contributed by atoms with Crippen molar-refractivity contribution in [3.8, 4) is 0 Å². The van der Waals surface area contributed by atoms with Crippen molar-refractivity contribution < 1.29 is 4.79 Å². The lowest BCUT2D eigenvalue weighted by atomic mass is 9.90. The van der Waals surface area contributed by atoms with Gasteiger partial charge in [0.25, 0.3) is 11.5 Å². The van der Waals surface area contributed by atoms with Crippen LogP contribution >= 0.6 is 0 Å². The lowest BCUT2D eigenvalue weighted by Crippen LogP contribution is -2.43. The minimum Gasteiger partial charge on any atom is -0.339 e. The van der Waals surface area contributed by atoms with Crippen LogP contribution in [0.15, 0.2) is 16.9 Å². The first-order valence-corrected chi connectivity index (χ1v) is 7.17. The molecule has 5 nitrogen and oxygen atoms in total. The Morgan fingerprint density at radius 3 is 2.50 bits per heavy atom. The molecule has 5 heteroatoms. The Labute approximate surface area is 119 Å².